The van der Waals surface area contributed by atoms with Gasteiger partial charge in [-0.25, -0.2) is 4.79 Å². The average molecular weight is 309 g/mol. The molecule has 10 heteroatoms. The molecule has 3 atom stereocenters. The predicted octanol–water partition coefficient (Wildman–Crippen LogP) is -0.0628. The molecule has 1 saturated heterocycles. The molecule has 0 bridgehead atoms. The zero-order chi connectivity index (χ0) is 16.4. The number of aliphatic hydroxyl groups excluding tert-OH is 1. The standard InChI is InChI=1S/C12H15N5O5/c1-6-4-16(12(21)17(7(2)19)11(6)20)10-3-8(14-15-13)9(5-18)22-10/h4,8-10,18H,3,5H2,1-2H3/t8-,9+,10+/m0/s1. The molecule has 0 amide bonds. The number of aryl methyl sites for hydroxylation is 1. The van der Waals surface area contributed by atoms with Gasteiger partial charge in [-0.05, 0) is 12.5 Å². The van der Waals surface area contributed by atoms with Gasteiger partial charge in [0.15, 0.2) is 0 Å². The largest absolute Gasteiger partial charge is 0.394 e. The average Bonchev–Trinajstić information content (AvgIpc) is 2.86. The molecular formula is C12H15N5O5. The quantitative estimate of drug-likeness (QED) is 0.473. The van der Waals surface area contributed by atoms with Crippen LogP contribution >= 0.6 is 0 Å². The van der Waals surface area contributed by atoms with E-state index in [1.54, 1.807) is 0 Å². The SMILES string of the molecule is CC(=O)n1c(=O)c(C)cn([C@H]2C[C@H](N=[N+]=[N-])[C@@H](CO)O2)c1=O. The molecule has 2 rings (SSSR count). The van der Waals surface area contributed by atoms with Crippen LogP contribution in [-0.2, 0) is 4.74 Å². The maximum absolute atomic E-state index is 12.3. The summed E-state index contributed by atoms with van der Waals surface area (Å²) in [6.45, 7) is 2.21. The van der Waals surface area contributed by atoms with Crippen molar-refractivity contribution in [2.24, 2.45) is 5.11 Å². The zero-order valence-corrected chi connectivity index (χ0v) is 12.0. The molecule has 0 spiro atoms. The first-order valence-electron chi connectivity index (χ1n) is 6.57. The van der Waals surface area contributed by atoms with Gasteiger partial charge >= 0.3 is 5.69 Å². The summed E-state index contributed by atoms with van der Waals surface area (Å²) < 4.78 is 7.12. The lowest BCUT2D eigenvalue weighted by Gasteiger charge is -2.16. The summed E-state index contributed by atoms with van der Waals surface area (Å²) in [6, 6.07) is -0.634. The van der Waals surface area contributed by atoms with Crippen LogP contribution in [-0.4, -0.2) is 38.9 Å². The van der Waals surface area contributed by atoms with Gasteiger partial charge in [-0.1, -0.05) is 5.11 Å². The Morgan fingerprint density at radius 2 is 2.27 bits per heavy atom. The fourth-order valence-electron chi connectivity index (χ4n) is 2.42. The predicted molar refractivity (Wildman–Crippen MR) is 74.5 cm³/mol. The van der Waals surface area contributed by atoms with Gasteiger partial charge in [0.2, 0.25) is 5.91 Å². The third kappa shape index (κ3) is 2.67. The first kappa shape index (κ1) is 16.0. The van der Waals surface area contributed by atoms with Gasteiger partial charge < -0.3 is 9.84 Å². The van der Waals surface area contributed by atoms with Crippen molar-refractivity contribution >= 4 is 5.91 Å². The number of aliphatic hydroxyl groups is 1. The molecule has 1 fully saturated rings. The monoisotopic (exact) mass is 309 g/mol. The van der Waals surface area contributed by atoms with Crippen LogP contribution in [0, 0.1) is 6.92 Å². The maximum Gasteiger partial charge on any atom is 0.340 e. The number of carbonyl (C=O) groups is 1. The number of hydrogen-bond acceptors (Lipinski definition) is 6. The van der Waals surface area contributed by atoms with Gasteiger partial charge in [0.25, 0.3) is 5.56 Å². The van der Waals surface area contributed by atoms with Crippen molar-refractivity contribution in [3.63, 3.8) is 0 Å². The minimum atomic E-state index is -0.829. The van der Waals surface area contributed by atoms with Crippen LogP contribution in [0.1, 0.15) is 29.9 Å². The highest BCUT2D eigenvalue weighted by molar-refractivity contribution is 5.75. The van der Waals surface area contributed by atoms with E-state index in [0.717, 1.165) is 11.5 Å². The van der Waals surface area contributed by atoms with Crippen LogP contribution in [0.25, 0.3) is 10.4 Å². The Hall–Kier alpha value is -2.42. The van der Waals surface area contributed by atoms with Crippen LogP contribution in [0.3, 0.4) is 0 Å². The van der Waals surface area contributed by atoms with Crippen molar-refractivity contribution in [3.05, 3.63) is 43.0 Å². The fraction of sp³-hybridized carbons (Fsp3) is 0.583. The molecule has 22 heavy (non-hydrogen) atoms. The minimum Gasteiger partial charge on any atom is -0.394 e. The number of carbonyl (C=O) groups excluding carboxylic acids is 1. The van der Waals surface area contributed by atoms with Crippen molar-refractivity contribution < 1.29 is 14.6 Å². The zero-order valence-electron chi connectivity index (χ0n) is 12.0. The Bertz CT molecular complexity index is 760. The van der Waals surface area contributed by atoms with E-state index < -0.39 is 35.5 Å². The number of hydrogen-bond donors (Lipinski definition) is 1. The number of nitrogens with zero attached hydrogens (tertiary/aromatic N) is 5. The van der Waals surface area contributed by atoms with Crippen LogP contribution in [0.5, 0.6) is 0 Å². The van der Waals surface area contributed by atoms with Crippen molar-refractivity contribution in [3.8, 4) is 0 Å². The van der Waals surface area contributed by atoms with E-state index in [1.807, 2.05) is 0 Å². The van der Waals surface area contributed by atoms with Gasteiger partial charge in [0.05, 0.1) is 18.8 Å². The molecule has 0 saturated carbocycles. The Morgan fingerprint density at radius 1 is 1.59 bits per heavy atom. The third-order valence-electron chi connectivity index (χ3n) is 3.49. The summed E-state index contributed by atoms with van der Waals surface area (Å²) in [5, 5.41) is 12.8. The topological polar surface area (TPSA) is 139 Å². The van der Waals surface area contributed by atoms with Crippen LogP contribution in [0.4, 0.5) is 0 Å². The van der Waals surface area contributed by atoms with Crippen LogP contribution in [0.2, 0.25) is 0 Å². The van der Waals surface area contributed by atoms with E-state index in [9.17, 15) is 19.5 Å². The second-order valence-electron chi connectivity index (χ2n) is 4.98. The summed E-state index contributed by atoms with van der Waals surface area (Å²) in [7, 11) is 0. The lowest BCUT2D eigenvalue weighted by Crippen LogP contribution is -2.44. The Kier molecular flexibility index (Phi) is 4.45. The van der Waals surface area contributed by atoms with E-state index >= 15 is 0 Å². The van der Waals surface area contributed by atoms with Gasteiger partial charge in [-0.3, -0.25) is 14.2 Å². The van der Waals surface area contributed by atoms with Gasteiger partial charge in [0.1, 0.15) is 6.23 Å². The summed E-state index contributed by atoms with van der Waals surface area (Å²) in [4.78, 5) is 38.3. The molecular weight excluding hydrogens is 294 g/mol. The van der Waals surface area contributed by atoms with Crippen molar-refractivity contribution in [1.82, 2.24) is 9.13 Å². The first-order valence-corrected chi connectivity index (χ1v) is 6.57. The lowest BCUT2D eigenvalue weighted by molar-refractivity contribution is -0.0275. The molecule has 1 N–H and O–H groups in total. The molecule has 1 aliphatic rings. The van der Waals surface area contributed by atoms with Gasteiger partial charge in [-0.2, -0.15) is 4.57 Å². The third-order valence-corrected chi connectivity index (χ3v) is 3.49. The van der Waals surface area contributed by atoms with E-state index in [0.29, 0.717) is 4.57 Å². The number of rotatable bonds is 3. The number of aromatic nitrogens is 2. The molecule has 1 aliphatic heterocycles. The molecule has 10 nitrogen and oxygen atoms in total. The highest BCUT2D eigenvalue weighted by atomic mass is 16.5. The lowest BCUT2D eigenvalue weighted by atomic mass is 10.1. The minimum absolute atomic E-state index is 0.157. The molecule has 0 radical (unpaired) electrons. The summed E-state index contributed by atoms with van der Waals surface area (Å²) in [5.74, 6) is -0.698. The van der Waals surface area contributed by atoms with Crippen molar-refractivity contribution in [2.75, 3.05) is 6.61 Å². The fourth-order valence-corrected chi connectivity index (χ4v) is 2.42. The number of azide groups is 1. The summed E-state index contributed by atoms with van der Waals surface area (Å²) >= 11 is 0. The van der Waals surface area contributed by atoms with Gasteiger partial charge in [0, 0.05) is 30.0 Å². The highest BCUT2D eigenvalue weighted by Crippen LogP contribution is 2.29. The maximum atomic E-state index is 12.3. The second kappa shape index (κ2) is 6.14. The van der Waals surface area contributed by atoms with Crippen molar-refractivity contribution in [1.29, 1.82) is 0 Å². The molecule has 0 unspecified atom stereocenters. The number of ether oxygens (including phenoxy) is 1. The molecule has 118 valence electrons. The smallest absolute Gasteiger partial charge is 0.340 e. The Morgan fingerprint density at radius 3 is 2.82 bits per heavy atom. The second-order valence-corrected chi connectivity index (χ2v) is 4.98. The highest BCUT2D eigenvalue weighted by Gasteiger charge is 2.36. The Labute approximate surface area is 124 Å². The molecule has 0 aromatic carbocycles. The van der Waals surface area contributed by atoms with E-state index in [4.69, 9.17) is 10.3 Å². The molecule has 0 aliphatic carbocycles. The first-order chi connectivity index (χ1) is 10.4. The molecule has 2 heterocycles. The normalized spacial score (nSPS) is 24.0. The summed E-state index contributed by atoms with van der Waals surface area (Å²) in [6.07, 6.45) is -0.122. The van der Waals surface area contributed by atoms with E-state index in [-0.39, 0.29) is 18.6 Å². The van der Waals surface area contributed by atoms with Crippen LogP contribution in [0.15, 0.2) is 20.9 Å². The Balaban J connectivity index is 2.51. The van der Waals surface area contributed by atoms with Crippen LogP contribution < -0.4 is 11.2 Å². The van der Waals surface area contributed by atoms with E-state index in [2.05, 4.69) is 10.0 Å². The molecule has 1 aromatic heterocycles. The molecule has 1 aromatic rings. The van der Waals surface area contributed by atoms with E-state index in [1.165, 1.54) is 13.1 Å². The van der Waals surface area contributed by atoms with Crippen molar-refractivity contribution in [2.45, 2.75) is 38.6 Å². The van der Waals surface area contributed by atoms with Gasteiger partial charge in [-0.15, -0.1) is 0 Å². The summed E-state index contributed by atoms with van der Waals surface area (Å²) in [5.41, 5.74) is 7.20.